The van der Waals surface area contributed by atoms with Crippen LogP contribution in [0.5, 0.6) is 0 Å². The maximum Gasteiger partial charge on any atom is 0.265 e. The van der Waals surface area contributed by atoms with Crippen LogP contribution in [0.25, 0.3) is 10.4 Å². The predicted octanol–water partition coefficient (Wildman–Crippen LogP) is 3.30. The molecular weight excluding hydrogens is 294 g/mol. The molecule has 0 aliphatic rings. The summed E-state index contributed by atoms with van der Waals surface area (Å²) in [5, 5.41) is 2.84. The highest BCUT2D eigenvalue weighted by Gasteiger charge is 2.20. The minimum atomic E-state index is -4.08. The first-order valence-corrected chi connectivity index (χ1v) is 6.52. The molecule has 0 aliphatic heterocycles. The molecule has 0 bridgehead atoms. The van der Waals surface area contributed by atoms with Crippen molar-refractivity contribution in [3.63, 3.8) is 0 Å². The Bertz CT molecular complexity index is 783. The van der Waals surface area contributed by atoms with Gasteiger partial charge in [-0.05, 0) is 23.7 Å². The number of benzene rings is 1. The summed E-state index contributed by atoms with van der Waals surface area (Å²) in [5.41, 5.74) is 6.75. The lowest BCUT2D eigenvalue weighted by molar-refractivity contribution is 0.556. The molecule has 0 saturated carbocycles. The summed E-state index contributed by atoms with van der Waals surface area (Å²) in [5.74, 6) is -2.42. The third kappa shape index (κ3) is 2.56. The first-order valence-electron chi connectivity index (χ1n) is 5.04. The number of nitrogens with zero attached hydrogens (tertiary/aromatic N) is 3. The molecule has 2 rings (SSSR count). The Morgan fingerprint density at radius 3 is 2.65 bits per heavy atom. The van der Waals surface area contributed by atoms with Gasteiger partial charge < -0.3 is 4.42 Å². The van der Waals surface area contributed by atoms with Crippen molar-refractivity contribution in [2.24, 2.45) is 5.11 Å². The van der Waals surface area contributed by atoms with Gasteiger partial charge in [-0.1, -0.05) is 5.11 Å². The Kier molecular flexibility index (Phi) is 3.59. The van der Waals surface area contributed by atoms with Gasteiger partial charge in [-0.2, -0.15) is 0 Å². The van der Waals surface area contributed by atoms with E-state index >= 15 is 0 Å². The molecule has 104 valence electrons. The van der Waals surface area contributed by atoms with Crippen LogP contribution in [0.15, 0.2) is 45.2 Å². The smallest absolute Gasteiger partial charge is 0.265 e. The second-order valence-electron chi connectivity index (χ2n) is 3.51. The van der Waals surface area contributed by atoms with Crippen LogP contribution in [0, 0.1) is 11.6 Å². The van der Waals surface area contributed by atoms with Gasteiger partial charge in [0.1, 0.15) is 22.7 Å². The summed E-state index contributed by atoms with van der Waals surface area (Å²) >= 11 is 0. The molecular formula is C10H6F2N4O3S. The van der Waals surface area contributed by atoms with E-state index in [9.17, 15) is 17.2 Å². The van der Waals surface area contributed by atoms with Crippen molar-refractivity contribution < 1.29 is 21.6 Å². The van der Waals surface area contributed by atoms with Crippen LogP contribution in [-0.2, 0) is 10.0 Å². The number of hydrogen-bond acceptors (Lipinski definition) is 4. The van der Waals surface area contributed by atoms with Gasteiger partial charge >= 0.3 is 0 Å². The van der Waals surface area contributed by atoms with Crippen LogP contribution in [0.1, 0.15) is 0 Å². The van der Waals surface area contributed by atoms with Crippen LogP contribution >= 0.6 is 0 Å². The average Bonchev–Trinajstić information content (AvgIpc) is 2.93. The predicted molar refractivity (Wildman–Crippen MR) is 64.7 cm³/mol. The first-order chi connectivity index (χ1) is 9.45. The van der Waals surface area contributed by atoms with E-state index in [1.807, 2.05) is 4.72 Å². The molecule has 1 N–H and O–H groups in total. The number of halogens is 2. The topological polar surface area (TPSA) is 108 Å². The van der Waals surface area contributed by atoms with Gasteiger partial charge in [0.2, 0.25) is 0 Å². The molecule has 20 heavy (non-hydrogen) atoms. The fourth-order valence-corrected chi connectivity index (χ4v) is 2.35. The highest BCUT2D eigenvalue weighted by Crippen LogP contribution is 2.29. The zero-order valence-electron chi connectivity index (χ0n) is 9.62. The average molecular weight is 300 g/mol. The number of nitrogens with one attached hydrogen (secondary N) is 1. The molecule has 1 heterocycles. The Morgan fingerprint density at radius 2 is 2.05 bits per heavy atom. The number of rotatable bonds is 4. The van der Waals surface area contributed by atoms with Gasteiger partial charge in [0, 0.05) is 4.91 Å². The summed E-state index contributed by atoms with van der Waals surface area (Å²) in [6.45, 7) is 0. The summed E-state index contributed by atoms with van der Waals surface area (Å²) < 4.78 is 57.2. The van der Waals surface area contributed by atoms with E-state index in [0.29, 0.717) is 0 Å². The zero-order valence-corrected chi connectivity index (χ0v) is 10.4. The standard InChI is InChI=1S/C10H6F2N4O3S/c11-7-1-2-8(9(12)10(7)14-16-13)15-20(17,18)6-3-4-19-5-6/h1-5,15H. The van der Waals surface area contributed by atoms with E-state index in [0.717, 1.165) is 30.7 Å². The summed E-state index contributed by atoms with van der Waals surface area (Å²) in [6, 6.07) is 2.80. The van der Waals surface area contributed by atoms with Gasteiger partial charge in [-0.15, -0.1) is 0 Å². The molecule has 0 radical (unpaired) electrons. The maximum atomic E-state index is 13.8. The second kappa shape index (κ2) is 5.19. The summed E-state index contributed by atoms with van der Waals surface area (Å²) in [4.78, 5) is 2.04. The minimum absolute atomic E-state index is 0.230. The molecule has 0 atom stereocenters. The monoisotopic (exact) mass is 300 g/mol. The molecule has 0 aliphatic carbocycles. The summed E-state index contributed by atoms with van der Waals surface area (Å²) in [6.07, 6.45) is 2.07. The molecule has 1 aromatic carbocycles. The molecule has 0 spiro atoms. The van der Waals surface area contributed by atoms with Crippen molar-refractivity contribution in [1.29, 1.82) is 0 Å². The van der Waals surface area contributed by atoms with E-state index in [1.165, 1.54) is 0 Å². The van der Waals surface area contributed by atoms with Crippen LogP contribution in [-0.4, -0.2) is 8.42 Å². The molecule has 0 saturated heterocycles. The molecule has 0 fully saturated rings. The number of azide groups is 1. The molecule has 7 nitrogen and oxygen atoms in total. The molecule has 1 aromatic heterocycles. The maximum absolute atomic E-state index is 13.8. The van der Waals surface area contributed by atoms with Gasteiger partial charge in [0.15, 0.2) is 5.82 Å². The first kappa shape index (κ1) is 13.8. The minimum Gasteiger partial charge on any atom is -0.471 e. The molecule has 0 unspecified atom stereocenters. The Morgan fingerprint density at radius 1 is 1.30 bits per heavy atom. The van der Waals surface area contributed by atoms with E-state index in [4.69, 9.17) is 5.53 Å². The highest BCUT2D eigenvalue weighted by molar-refractivity contribution is 7.92. The third-order valence-electron chi connectivity index (χ3n) is 2.26. The lowest BCUT2D eigenvalue weighted by Crippen LogP contribution is -2.13. The normalized spacial score (nSPS) is 10.9. The number of hydrogen-bond donors (Lipinski definition) is 1. The van der Waals surface area contributed by atoms with Crippen LogP contribution in [0.2, 0.25) is 0 Å². The van der Waals surface area contributed by atoms with Gasteiger partial charge in [-0.25, -0.2) is 17.2 Å². The van der Waals surface area contributed by atoms with Crippen LogP contribution in [0.4, 0.5) is 20.2 Å². The lowest BCUT2D eigenvalue weighted by Gasteiger charge is -2.08. The van der Waals surface area contributed by atoms with Gasteiger partial charge in [0.05, 0.1) is 12.0 Å². The lowest BCUT2D eigenvalue weighted by atomic mass is 10.2. The summed E-state index contributed by atoms with van der Waals surface area (Å²) in [7, 11) is -4.08. The Balaban J connectivity index is 2.45. The second-order valence-corrected chi connectivity index (χ2v) is 5.19. The van der Waals surface area contributed by atoms with Crippen molar-refractivity contribution >= 4 is 21.4 Å². The van der Waals surface area contributed by atoms with Crippen molar-refractivity contribution in [2.75, 3.05) is 4.72 Å². The largest absolute Gasteiger partial charge is 0.471 e. The van der Waals surface area contributed by atoms with Crippen molar-refractivity contribution in [3.8, 4) is 0 Å². The molecule has 0 amide bonds. The van der Waals surface area contributed by atoms with Crippen LogP contribution < -0.4 is 4.72 Å². The van der Waals surface area contributed by atoms with Crippen molar-refractivity contribution in [2.45, 2.75) is 4.90 Å². The molecule has 2 aromatic rings. The fourth-order valence-electron chi connectivity index (χ4n) is 1.36. The van der Waals surface area contributed by atoms with E-state index in [1.54, 1.807) is 0 Å². The zero-order chi connectivity index (χ0) is 14.8. The van der Waals surface area contributed by atoms with E-state index in [2.05, 4.69) is 14.4 Å². The number of anilines is 1. The molecule has 10 heteroatoms. The van der Waals surface area contributed by atoms with E-state index < -0.39 is 33.0 Å². The van der Waals surface area contributed by atoms with Crippen molar-refractivity contribution in [1.82, 2.24) is 0 Å². The number of sulfonamides is 1. The van der Waals surface area contributed by atoms with Crippen molar-refractivity contribution in [3.05, 3.63) is 52.8 Å². The number of furan rings is 1. The third-order valence-corrected chi connectivity index (χ3v) is 3.60. The van der Waals surface area contributed by atoms with Crippen LogP contribution in [0.3, 0.4) is 0 Å². The van der Waals surface area contributed by atoms with Gasteiger partial charge in [0.25, 0.3) is 10.0 Å². The Hall–Kier alpha value is -2.58. The quantitative estimate of drug-likeness (QED) is 0.531. The highest BCUT2D eigenvalue weighted by atomic mass is 32.2. The van der Waals surface area contributed by atoms with E-state index in [-0.39, 0.29) is 4.90 Å². The SMILES string of the molecule is [N-]=[N+]=Nc1c(F)ccc(NS(=O)(=O)c2ccoc2)c1F. The van der Waals surface area contributed by atoms with Gasteiger partial charge in [-0.3, -0.25) is 4.72 Å². The Labute approximate surface area is 111 Å². The fraction of sp³-hybridized carbons (Fsp3) is 0.